The fourth-order valence-electron chi connectivity index (χ4n) is 8.15. The van der Waals surface area contributed by atoms with Crippen LogP contribution in [-0.2, 0) is 4.79 Å². The average Bonchev–Trinajstić information content (AvgIpc) is 3.71. The van der Waals surface area contributed by atoms with E-state index in [9.17, 15) is 18.8 Å². The van der Waals surface area contributed by atoms with Crippen LogP contribution in [0.25, 0.3) is 39.0 Å². The van der Waals surface area contributed by atoms with Gasteiger partial charge in [0, 0.05) is 62.0 Å². The number of ether oxygens (including phenoxy) is 1. The maximum atomic E-state index is 16.9. The first-order chi connectivity index (χ1) is 26.5. The number of anilines is 1. The number of aromatic nitrogens is 5. The molecule has 5 aromatic rings. The van der Waals surface area contributed by atoms with Crippen LogP contribution < -0.4 is 9.64 Å². The third-order valence-electron chi connectivity index (χ3n) is 10.7. The van der Waals surface area contributed by atoms with Gasteiger partial charge in [-0.25, -0.2) is 27.5 Å². The molecular formula is C39H34ClF4N9O2. The summed E-state index contributed by atoms with van der Waals surface area (Å²) < 4.78 is 67.8. The molecule has 16 heteroatoms. The van der Waals surface area contributed by atoms with E-state index < -0.39 is 41.1 Å². The van der Waals surface area contributed by atoms with E-state index in [0.29, 0.717) is 24.2 Å². The number of halogens is 5. The zero-order valence-electron chi connectivity index (χ0n) is 29.7. The minimum atomic E-state index is -1.05. The molecule has 6 heterocycles. The first-order valence-electron chi connectivity index (χ1n) is 17.9. The van der Waals surface area contributed by atoms with E-state index in [1.54, 1.807) is 36.1 Å². The highest BCUT2D eigenvalue weighted by Crippen LogP contribution is 2.42. The maximum absolute atomic E-state index is 16.9. The number of carbonyl (C=O) groups excluding carboxylic acids is 1. The molecule has 0 N–H and O–H groups in total. The van der Waals surface area contributed by atoms with Gasteiger partial charge in [-0.3, -0.25) is 14.7 Å². The molecule has 0 spiro atoms. The van der Waals surface area contributed by atoms with E-state index in [2.05, 4.69) is 30.9 Å². The van der Waals surface area contributed by atoms with Crippen LogP contribution in [0.4, 0.5) is 23.4 Å². The van der Waals surface area contributed by atoms with Crippen molar-refractivity contribution in [2.75, 3.05) is 44.2 Å². The molecule has 2 aromatic carbocycles. The third kappa shape index (κ3) is 6.78. The van der Waals surface area contributed by atoms with Gasteiger partial charge in [-0.1, -0.05) is 35.9 Å². The lowest BCUT2D eigenvalue weighted by atomic mass is 9.95. The van der Waals surface area contributed by atoms with Gasteiger partial charge >= 0.3 is 6.01 Å². The van der Waals surface area contributed by atoms with E-state index in [1.165, 1.54) is 29.4 Å². The van der Waals surface area contributed by atoms with E-state index in [-0.39, 0.29) is 82.8 Å². The summed E-state index contributed by atoms with van der Waals surface area (Å²) in [5, 5.41) is 10.6. The Hall–Kier alpha value is -5.46. The number of amides is 1. The molecule has 55 heavy (non-hydrogen) atoms. The fourth-order valence-corrected chi connectivity index (χ4v) is 8.42. The highest BCUT2D eigenvalue weighted by Gasteiger charge is 2.49. The molecule has 3 aliphatic heterocycles. The lowest BCUT2D eigenvalue weighted by Gasteiger charge is -2.41. The van der Waals surface area contributed by atoms with Crippen LogP contribution in [0.2, 0.25) is 5.02 Å². The van der Waals surface area contributed by atoms with Crippen molar-refractivity contribution in [1.82, 2.24) is 34.7 Å². The first kappa shape index (κ1) is 36.5. The highest BCUT2D eigenvalue weighted by atomic mass is 35.5. The van der Waals surface area contributed by atoms with Gasteiger partial charge in [0.15, 0.2) is 11.6 Å². The van der Waals surface area contributed by atoms with Crippen molar-refractivity contribution in [1.29, 1.82) is 5.26 Å². The van der Waals surface area contributed by atoms with Gasteiger partial charge in [0.2, 0.25) is 0 Å². The van der Waals surface area contributed by atoms with Crippen molar-refractivity contribution in [2.24, 2.45) is 0 Å². The lowest BCUT2D eigenvalue weighted by Crippen LogP contribution is -2.55. The van der Waals surface area contributed by atoms with Crippen LogP contribution in [-0.4, -0.2) is 97.7 Å². The van der Waals surface area contributed by atoms with E-state index in [4.69, 9.17) is 21.3 Å². The number of alkyl halides is 1. The quantitative estimate of drug-likeness (QED) is 0.123. The molecule has 3 fully saturated rings. The standard InChI is InChI=1S/C39H34ClF4N9O2/c1-22-46-12-9-25(48-22)16-30(43)37(54)53-15-14-51(20-26(53)8-11-45)36-28-18-47-34(27-5-2-4-23-6-7-29(42)32(40)31(23)27)33(44)35(28)49-38(50-36)55-21-39-10-3-13-52(39)19-24(41)17-39/h2,4-7,9,12,16,18,24,26H,3,8,10,13-15,17,19-21H2,1H3/b30-16-/t24-,26+,39+/m1/s1. The van der Waals surface area contributed by atoms with Gasteiger partial charge < -0.3 is 14.5 Å². The molecule has 282 valence electrons. The predicted octanol–water partition coefficient (Wildman–Crippen LogP) is 6.77. The second-order valence-electron chi connectivity index (χ2n) is 14.1. The summed E-state index contributed by atoms with van der Waals surface area (Å²) in [6.07, 6.45) is 4.66. The number of hydrogen-bond donors (Lipinski definition) is 0. The molecule has 8 rings (SSSR count). The number of hydrogen-bond acceptors (Lipinski definition) is 10. The summed E-state index contributed by atoms with van der Waals surface area (Å²) in [5.74, 6) is -2.83. The number of rotatable bonds is 8. The number of nitriles is 1. The van der Waals surface area contributed by atoms with Crippen molar-refractivity contribution in [3.63, 3.8) is 0 Å². The zero-order valence-corrected chi connectivity index (χ0v) is 30.4. The fraction of sp³-hybridized carbons (Fsp3) is 0.359. The molecule has 0 bridgehead atoms. The Kier molecular flexibility index (Phi) is 9.72. The van der Waals surface area contributed by atoms with Gasteiger partial charge in [0.1, 0.15) is 41.4 Å². The van der Waals surface area contributed by atoms with Gasteiger partial charge in [-0.15, -0.1) is 0 Å². The Morgan fingerprint density at radius 1 is 1.11 bits per heavy atom. The second-order valence-corrected chi connectivity index (χ2v) is 14.5. The van der Waals surface area contributed by atoms with E-state index >= 15 is 8.78 Å². The Bertz CT molecular complexity index is 2410. The highest BCUT2D eigenvalue weighted by molar-refractivity contribution is 6.36. The number of benzene rings is 2. The largest absolute Gasteiger partial charge is 0.461 e. The summed E-state index contributed by atoms with van der Waals surface area (Å²) in [7, 11) is 0. The minimum absolute atomic E-state index is 0.000942. The average molecular weight is 772 g/mol. The van der Waals surface area contributed by atoms with E-state index in [0.717, 1.165) is 25.5 Å². The van der Waals surface area contributed by atoms with Crippen LogP contribution in [0.1, 0.15) is 37.2 Å². The van der Waals surface area contributed by atoms with Gasteiger partial charge in [0.05, 0.1) is 40.2 Å². The number of aryl methyl sites for hydroxylation is 1. The molecule has 3 aliphatic rings. The summed E-state index contributed by atoms with van der Waals surface area (Å²) in [4.78, 5) is 40.4. The van der Waals surface area contributed by atoms with Crippen LogP contribution in [0, 0.1) is 29.9 Å². The summed E-state index contributed by atoms with van der Waals surface area (Å²) >= 11 is 6.41. The third-order valence-corrected chi connectivity index (χ3v) is 11.1. The van der Waals surface area contributed by atoms with Crippen molar-refractivity contribution >= 4 is 51.1 Å². The van der Waals surface area contributed by atoms with Crippen molar-refractivity contribution in [2.45, 2.75) is 50.4 Å². The van der Waals surface area contributed by atoms with Crippen LogP contribution >= 0.6 is 11.6 Å². The maximum Gasteiger partial charge on any atom is 0.319 e. The van der Waals surface area contributed by atoms with E-state index in [1.807, 2.05) is 0 Å². The lowest BCUT2D eigenvalue weighted by molar-refractivity contribution is -0.131. The molecule has 3 atom stereocenters. The van der Waals surface area contributed by atoms with Crippen LogP contribution in [0.3, 0.4) is 0 Å². The summed E-state index contributed by atoms with van der Waals surface area (Å²) in [6.45, 7) is 2.93. The molecule has 0 radical (unpaired) electrons. The number of fused-ring (bicyclic) bond motifs is 3. The predicted molar refractivity (Wildman–Crippen MR) is 198 cm³/mol. The summed E-state index contributed by atoms with van der Waals surface area (Å²) in [6, 6.07) is 10.4. The van der Waals surface area contributed by atoms with Crippen LogP contribution in [0.5, 0.6) is 6.01 Å². The Morgan fingerprint density at radius 3 is 2.78 bits per heavy atom. The minimum Gasteiger partial charge on any atom is -0.461 e. The molecule has 3 saturated heterocycles. The Balaban J connectivity index is 1.18. The zero-order chi connectivity index (χ0) is 38.4. The number of piperazine rings is 1. The summed E-state index contributed by atoms with van der Waals surface area (Å²) in [5.41, 5.74) is -0.349. The molecule has 0 aliphatic carbocycles. The monoisotopic (exact) mass is 771 g/mol. The van der Waals surface area contributed by atoms with Gasteiger partial charge in [-0.05, 0) is 43.8 Å². The number of carbonyl (C=O) groups is 1. The molecule has 1 amide bonds. The molecule has 11 nitrogen and oxygen atoms in total. The SMILES string of the molecule is Cc1nccc(/C=C(\F)C(=O)N2CCN(c3nc(OC[C@@]45CCCN4C[C@H](F)C5)nc4c(F)c(-c5cccc6ccc(F)c(Cl)c56)ncc34)C[C@@H]2CC#N)n1. The number of nitrogens with zero attached hydrogens (tertiary/aromatic N) is 9. The van der Waals surface area contributed by atoms with Crippen LogP contribution in [0.15, 0.2) is 54.6 Å². The van der Waals surface area contributed by atoms with Crippen molar-refractivity contribution < 1.29 is 27.1 Å². The first-order valence-corrected chi connectivity index (χ1v) is 18.3. The topological polar surface area (TPSA) is 124 Å². The Labute approximate surface area is 318 Å². The molecular weight excluding hydrogens is 738 g/mol. The number of pyridine rings is 1. The van der Waals surface area contributed by atoms with Crippen molar-refractivity contribution in [3.05, 3.63) is 82.8 Å². The molecule has 0 unspecified atom stereocenters. The van der Waals surface area contributed by atoms with Gasteiger partial charge in [-0.2, -0.15) is 15.2 Å². The second kappa shape index (κ2) is 14.6. The normalized spacial score (nSPS) is 21.7. The molecule has 3 aromatic heterocycles. The van der Waals surface area contributed by atoms with Gasteiger partial charge in [0.25, 0.3) is 5.91 Å². The molecule has 0 saturated carbocycles. The van der Waals surface area contributed by atoms with Crippen molar-refractivity contribution in [3.8, 4) is 23.3 Å². The Morgan fingerprint density at radius 2 is 1.96 bits per heavy atom. The smallest absolute Gasteiger partial charge is 0.319 e.